The molecule has 0 aliphatic carbocycles. The Hall–Kier alpha value is -0.472. The Morgan fingerprint density at radius 2 is 1.16 bits per heavy atom. The van der Waals surface area contributed by atoms with E-state index in [1.165, 1.54) is 0 Å². The fraction of sp³-hybridized carbons (Fsp3) is 0. The van der Waals surface area contributed by atoms with Crippen LogP contribution >= 0.6 is 17.9 Å². The van der Waals surface area contributed by atoms with Crippen molar-refractivity contribution in [2.75, 3.05) is 0 Å². The third kappa shape index (κ3) is 6.49. The predicted octanol–water partition coefficient (Wildman–Crippen LogP) is 4.18. The summed E-state index contributed by atoms with van der Waals surface area (Å²) in [5.41, 5.74) is -2.61. The molecule has 0 amide bonds. The standard InChI is InChI=1S/C12H11O2PS2.Mo.O/c16-15(17,13-11-7-3-1-4-8-11)14-12-9-5-2-6-10-12;;/h1-10H,(H,16,17);;. The van der Waals surface area contributed by atoms with Crippen molar-refractivity contribution in [1.29, 1.82) is 0 Å². The van der Waals surface area contributed by atoms with Gasteiger partial charge in [0, 0.05) is 0 Å². The summed E-state index contributed by atoms with van der Waals surface area (Å²) in [5, 5.41) is 0. The van der Waals surface area contributed by atoms with Gasteiger partial charge in [0.05, 0.1) is 0 Å². The zero-order chi connectivity index (χ0) is 14.1. The zero-order valence-electron chi connectivity index (χ0n) is 9.71. The Morgan fingerprint density at radius 3 is 1.47 bits per heavy atom. The molecular weight excluding hydrogens is 383 g/mol. The molecule has 0 aliphatic rings. The molecule has 100 valence electrons. The molecule has 2 aromatic carbocycles. The third-order valence-electron chi connectivity index (χ3n) is 1.93. The monoisotopic (exact) mass is 396 g/mol. The second kappa shape index (κ2) is 8.65. The molecule has 3 nitrogen and oxygen atoms in total. The first kappa shape index (κ1) is 16.6. The van der Waals surface area contributed by atoms with Gasteiger partial charge in [0.25, 0.3) is 0 Å². The molecule has 2 rings (SSSR count). The van der Waals surface area contributed by atoms with Crippen molar-refractivity contribution in [1.82, 2.24) is 0 Å². The molecule has 0 atom stereocenters. The van der Waals surface area contributed by atoms with E-state index in [1.807, 2.05) is 60.7 Å². The van der Waals surface area contributed by atoms with Crippen molar-refractivity contribution >= 4 is 29.7 Å². The van der Waals surface area contributed by atoms with Crippen LogP contribution in [0.2, 0.25) is 0 Å². The van der Waals surface area contributed by atoms with Crippen LogP contribution in [0.25, 0.3) is 0 Å². The molecular formula is C12H11MoO3PS2. The minimum atomic E-state index is -2.61. The van der Waals surface area contributed by atoms with Crippen LogP contribution in [0, 0.1) is 0 Å². The van der Waals surface area contributed by atoms with Gasteiger partial charge in [-0.2, -0.15) is 0 Å². The Morgan fingerprint density at radius 1 is 0.842 bits per heavy atom. The SMILES string of the molecule is S=P(S)(Oc1ccccc1)Oc1ccccc1.[O]=[Mo]. The van der Waals surface area contributed by atoms with Gasteiger partial charge in [-0.1, -0.05) is 48.6 Å². The van der Waals surface area contributed by atoms with Gasteiger partial charge in [-0.3, -0.25) is 0 Å². The molecule has 0 fully saturated rings. The Balaban J connectivity index is 0.000000861. The number of benzene rings is 2. The third-order valence-corrected chi connectivity index (χ3v) is 3.75. The van der Waals surface area contributed by atoms with E-state index in [-0.39, 0.29) is 0 Å². The fourth-order valence-corrected chi connectivity index (χ4v) is 3.14. The summed E-state index contributed by atoms with van der Waals surface area (Å²) in [6.45, 7) is 0. The Kier molecular flexibility index (Phi) is 7.55. The number of para-hydroxylation sites is 2. The second-order valence-corrected chi connectivity index (χ2v) is 8.41. The van der Waals surface area contributed by atoms with Crippen molar-refractivity contribution < 1.29 is 32.2 Å². The van der Waals surface area contributed by atoms with E-state index in [9.17, 15) is 0 Å². The normalized spacial score (nSPS) is 9.95. The maximum absolute atomic E-state index is 8.26. The molecule has 0 aromatic heterocycles. The summed E-state index contributed by atoms with van der Waals surface area (Å²) in [7, 11) is 0. The molecule has 0 aliphatic heterocycles. The second-order valence-electron chi connectivity index (χ2n) is 3.28. The Labute approximate surface area is 133 Å². The Bertz CT molecular complexity index is 494. The van der Waals surface area contributed by atoms with Crippen LogP contribution in [0.1, 0.15) is 0 Å². The van der Waals surface area contributed by atoms with E-state index in [0.29, 0.717) is 31.3 Å². The van der Waals surface area contributed by atoms with Crippen LogP contribution in [0.15, 0.2) is 60.7 Å². The molecule has 0 unspecified atom stereocenters. The molecule has 0 saturated heterocycles. The molecule has 0 spiro atoms. The molecule has 0 bridgehead atoms. The van der Waals surface area contributed by atoms with Crippen molar-refractivity contribution in [3.8, 4) is 11.5 Å². The van der Waals surface area contributed by atoms with Gasteiger partial charge in [-0.15, -0.1) is 0 Å². The topological polar surface area (TPSA) is 35.5 Å². The fourth-order valence-electron chi connectivity index (χ4n) is 1.25. The average Bonchev–Trinajstić information content (AvgIpc) is 2.42. The van der Waals surface area contributed by atoms with E-state index in [2.05, 4.69) is 12.2 Å². The van der Waals surface area contributed by atoms with Crippen molar-refractivity contribution in [3.05, 3.63) is 60.7 Å². The number of hydrogen-bond donors (Lipinski definition) is 1. The van der Waals surface area contributed by atoms with Crippen LogP contribution < -0.4 is 9.05 Å². The zero-order valence-corrected chi connectivity index (χ0v) is 14.3. The van der Waals surface area contributed by atoms with Gasteiger partial charge in [0.15, 0.2) is 0 Å². The van der Waals surface area contributed by atoms with E-state index < -0.39 is 5.69 Å². The molecule has 19 heavy (non-hydrogen) atoms. The molecule has 0 saturated carbocycles. The van der Waals surface area contributed by atoms with Gasteiger partial charge in [-0.05, 0) is 36.1 Å². The molecule has 0 heterocycles. The summed E-state index contributed by atoms with van der Waals surface area (Å²) in [6, 6.07) is 18.6. The predicted molar refractivity (Wildman–Crippen MR) is 78.1 cm³/mol. The quantitative estimate of drug-likeness (QED) is 0.480. The molecule has 0 N–H and O–H groups in total. The van der Waals surface area contributed by atoms with Crippen LogP contribution in [-0.2, 0) is 35.0 Å². The number of thiol groups is 1. The van der Waals surface area contributed by atoms with E-state index >= 15 is 0 Å². The van der Waals surface area contributed by atoms with Crippen LogP contribution in [0.3, 0.4) is 0 Å². The van der Waals surface area contributed by atoms with E-state index in [4.69, 9.17) is 24.3 Å². The summed E-state index contributed by atoms with van der Waals surface area (Å²) < 4.78 is 19.4. The average molecular weight is 394 g/mol. The molecule has 7 heteroatoms. The van der Waals surface area contributed by atoms with E-state index in [1.54, 1.807) is 0 Å². The van der Waals surface area contributed by atoms with Gasteiger partial charge in [0.2, 0.25) is 0 Å². The van der Waals surface area contributed by atoms with Crippen LogP contribution in [0.5, 0.6) is 11.5 Å². The van der Waals surface area contributed by atoms with Gasteiger partial charge in [-0.25, -0.2) is 0 Å². The summed E-state index contributed by atoms with van der Waals surface area (Å²) in [4.78, 5) is 0. The molecule has 0 radical (unpaired) electrons. The van der Waals surface area contributed by atoms with Crippen molar-refractivity contribution in [2.45, 2.75) is 0 Å². The van der Waals surface area contributed by atoms with Crippen LogP contribution in [0.4, 0.5) is 0 Å². The molecule has 2 aromatic rings. The maximum atomic E-state index is 8.26. The summed E-state index contributed by atoms with van der Waals surface area (Å²) in [5.74, 6) is 1.34. The summed E-state index contributed by atoms with van der Waals surface area (Å²) >= 11 is 10.2. The first-order valence-electron chi connectivity index (χ1n) is 5.14. The first-order valence-corrected chi connectivity index (χ1v) is 9.75. The number of hydrogen-bond acceptors (Lipinski definition) is 4. The number of rotatable bonds is 4. The van der Waals surface area contributed by atoms with Gasteiger partial charge >= 0.3 is 28.9 Å². The van der Waals surface area contributed by atoms with Crippen molar-refractivity contribution in [3.63, 3.8) is 0 Å². The summed E-state index contributed by atoms with van der Waals surface area (Å²) in [6.07, 6.45) is 0. The minimum absolute atomic E-state index is 0.668. The van der Waals surface area contributed by atoms with Crippen LogP contribution in [-0.4, -0.2) is 0 Å². The first-order chi connectivity index (χ1) is 9.16. The van der Waals surface area contributed by atoms with Gasteiger partial charge < -0.3 is 9.05 Å². The van der Waals surface area contributed by atoms with Crippen molar-refractivity contribution in [2.24, 2.45) is 0 Å². The van der Waals surface area contributed by atoms with E-state index in [0.717, 1.165) is 0 Å². The van der Waals surface area contributed by atoms with Gasteiger partial charge in [0.1, 0.15) is 11.5 Å².